The zero-order chi connectivity index (χ0) is 29.7. The Morgan fingerprint density at radius 1 is 1.05 bits per heavy atom. The SMILES string of the molecule is CCc1cc(-c2ccc(F)cc2)c(O)cc1OCCCCNC(=O)c1ccc(N=NCc2ccccc2SOO)nc1. The first-order valence-corrected chi connectivity index (χ1v) is 14.1. The fourth-order valence-corrected chi connectivity index (χ4v) is 4.57. The minimum atomic E-state index is -0.330. The highest BCUT2D eigenvalue weighted by molar-refractivity contribution is 7.94. The molecule has 1 heterocycles. The number of aryl methyl sites for hydroxylation is 1. The lowest BCUT2D eigenvalue weighted by Gasteiger charge is -2.14. The largest absolute Gasteiger partial charge is 0.507 e. The maximum Gasteiger partial charge on any atom is 0.252 e. The molecular weight excluding hydrogens is 559 g/mol. The predicted molar refractivity (Wildman–Crippen MR) is 158 cm³/mol. The molecule has 3 N–H and O–H groups in total. The van der Waals surface area contributed by atoms with E-state index in [9.17, 15) is 14.3 Å². The van der Waals surface area contributed by atoms with Gasteiger partial charge in [0.25, 0.3) is 5.91 Å². The second-order valence-corrected chi connectivity index (χ2v) is 9.97. The fraction of sp³-hybridized carbons (Fsp3) is 0.226. The minimum Gasteiger partial charge on any atom is -0.507 e. The lowest BCUT2D eigenvalue weighted by molar-refractivity contribution is -0.116. The molecule has 42 heavy (non-hydrogen) atoms. The molecule has 1 amide bonds. The number of carbonyl (C=O) groups is 1. The van der Waals surface area contributed by atoms with Crippen molar-refractivity contribution in [3.05, 3.63) is 102 Å². The Morgan fingerprint density at radius 3 is 2.60 bits per heavy atom. The molecule has 11 heteroatoms. The van der Waals surface area contributed by atoms with Gasteiger partial charge in [-0.2, -0.15) is 9.45 Å². The number of benzene rings is 3. The van der Waals surface area contributed by atoms with Crippen LogP contribution in [0.1, 0.15) is 41.3 Å². The Morgan fingerprint density at radius 2 is 1.86 bits per heavy atom. The van der Waals surface area contributed by atoms with Gasteiger partial charge in [-0.1, -0.05) is 37.3 Å². The molecule has 1 aromatic heterocycles. The van der Waals surface area contributed by atoms with Gasteiger partial charge in [0.2, 0.25) is 0 Å². The van der Waals surface area contributed by atoms with Crippen LogP contribution in [0.15, 0.2) is 94.1 Å². The number of amides is 1. The van der Waals surface area contributed by atoms with E-state index in [4.69, 9.17) is 9.99 Å². The summed E-state index contributed by atoms with van der Waals surface area (Å²) >= 11 is 0.833. The molecule has 0 aliphatic rings. The number of hydrogen-bond donors (Lipinski definition) is 3. The van der Waals surface area contributed by atoms with E-state index in [1.165, 1.54) is 18.3 Å². The molecule has 4 aromatic rings. The smallest absolute Gasteiger partial charge is 0.252 e. The van der Waals surface area contributed by atoms with Gasteiger partial charge in [0.15, 0.2) is 5.82 Å². The number of pyridine rings is 1. The first-order valence-electron chi connectivity index (χ1n) is 13.4. The molecule has 0 saturated heterocycles. The predicted octanol–water partition coefficient (Wildman–Crippen LogP) is 7.53. The lowest BCUT2D eigenvalue weighted by atomic mass is 10.00. The number of carbonyl (C=O) groups excluding carboxylic acids is 1. The van der Waals surface area contributed by atoms with Gasteiger partial charge in [-0.05, 0) is 72.4 Å². The van der Waals surface area contributed by atoms with Crippen LogP contribution in [0, 0.1) is 5.82 Å². The standard InChI is InChI=1S/C31H31FN4O5S/c1-2-21-17-26(22-9-12-25(32)13-10-22)27(37)18-28(21)40-16-6-5-15-33-31(38)24-11-14-30(34-19-24)36-35-20-23-7-3-4-8-29(23)42-41-39/h3-4,7-14,17-19,37,39H,2,5-6,15-16,20H2,1H3,(H,33,38). The summed E-state index contributed by atoms with van der Waals surface area (Å²) in [5.41, 5.74) is 3.55. The molecule has 0 aliphatic heterocycles. The highest BCUT2D eigenvalue weighted by Gasteiger charge is 2.12. The van der Waals surface area contributed by atoms with Crippen LogP contribution in [0.25, 0.3) is 11.1 Å². The Bertz CT molecular complexity index is 1500. The molecule has 3 aromatic carbocycles. The average molecular weight is 591 g/mol. The zero-order valence-corrected chi connectivity index (χ0v) is 23.8. The topological polar surface area (TPSA) is 126 Å². The number of halogens is 1. The van der Waals surface area contributed by atoms with Gasteiger partial charge < -0.3 is 15.2 Å². The van der Waals surface area contributed by atoms with E-state index in [0.29, 0.717) is 55.1 Å². The summed E-state index contributed by atoms with van der Waals surface area (Å²) in [5, 5.41) is 30.3. The number of unbranched alkanes of at least 4 members (excludes halogenated alkanes) is 1. The van der Waals surface area contributed by atoms with Gasteiger partial charge in [0.05, 0.1) is 30.8 Å². The van der Waals surface area contributed by atoms with Gasteiger partial charge in [0, 0.05) is 29.3 Å². The average Bonchev–Trinajstić information content (AvgIpc) is 3.00. The number of phenols is 1. The number of rotatable bonds is 14. The van der Waals surface area contributed by atoms with Gasteiger partial charge in [-0.15, -0.1) is 5.11 Å². The monoisotopic (exact) mass is 590 g/mol. The number of azo groups is 1. The number of ether oxygens (including phenoxy) is 1. The van der Waals surface area contributed by atoms with E-state index < -0.39 is 0 Å². The molecule has 0 fully saturated rings. The van der Waals surface area contributed by atoms with Crippen molar-refractivity contribution in [1.29, 1.82) is 0 Å². The molecule has 0 spiro atoms. The van der Waals surface area contributed by atoms with Gasteiger partial charge in [-0.3, -0.25) is 4.79 Å². The lowest BCUT2D eigenvalue weighted by Crippen LogP contribution is -2.24. The van der Waals surface area contributed by atoms with Crippen LogP contribution >= 0.6 is 12.0 Å². The van der Waals surface area contributed by atoms with E-state index in [0.717, 1.165) is 33.6 Å². The summed E-state index contributed by atoms with van der Waals surface area (Å²) < 4.78 is 23.3. The van der Waals surface area contributed by atoms with Crippen LogP contribution in [0.3, 0.4) is 0 Å². The highest BCUT2D eigenvalue weighted by Crippen LogP contribution is 2.36. The van der Waals surface area contributed by atoms with Crippen molar-refractivity contribution < 1.29 is 28.6 Å². The number of nitrogens with zero attached hydrogens (tertiary/aromatic N) is 3. The number of aromatic nitrogens is 1. The summed E-state index contributed by atoms with van der Waals surface area (Å²) in [4.78, 5) is 17.4. The second kappa shape index (κ2) is 15.6. The van der Waals surface area contributed by atoms with E-state index in [1.54, 1.807) is 36.4 Å². The Kier molecular flexibility index (Phi) is 11.4. The zero-order valence-electron chi connectivity index (χ0n) is 23.0. The molecule has 0 unspecified atom stereocenters. The fourth-order valence-electron chi connectivity index (χ4n) is 4.12. The second-order valence-electron chi connectivity index (χ2n) is 9.22. The van der Waals surface area contributed by atoms with Crippen molar-refractivity contribution in [2.45, 2.75) is 37.6 Å². The molecule has 0 saturated carbocycles. The summed E-state index contributed by atoms with van der Waals surface area (Å²) in [6.07, 6.45) is 3.56. The third-order valence-electron chi connectivity index (χ3n) is 6.35. The van der Waals surface area contributed by atoms with Crippen LogP contribution in [0.5, 0.6) is 11.5 Å². The van der Waals surface area contributed by atoms with E-state index in [2.05, 4.69) is 24.9 Å². The maximum atomic E-state index is 13.3. The van der Waals surface area contributed by atoms with Crippen molar-refractivity contribution in [3.63, 3.8) is 0 Å². The first-order chi connectivity index (χ1) is 20.5. The summed E-state index contributed by atoms with van der Waals surface area (Å²) in [5.74, 6) is 0.477. The van der Waals surface area contributed by atoms with Crippen LogP contribution in [0.2, 0.25) is 0 Å². The number of aromatic hydroxyl groups is 1. The number of phenolic OH excluding ortho intramolecular Hbond substituents is 1. The quantitative estimate of drug-likeness (QED) is 0.0456. The van der Waals surface area contributed by atoms with Crippen molar-refractivity contribution in [2.24, 2.45) is 10.2 Å². The minimum absolute atomic E-state index is 0.0692. The van der Waals surface area contributed by atoms with Gasteiger partial charge in [-0.25, -0.2) is 14.6 Å². The third-order valence-corrected chi connectivity index (χ3v) is 7.01. The number of nitrogens with one attached hydrogen (secondary N) is 1. The Balaban J connectivity index is 1.20. The summed E-state index contributed by atoms with van der Waals surface area (Å²) in [7, 11) is 0. The molecular formula is C31H31FN4O5S. The van der Waals surface area contributed by atoms with Crippen LogP contribution < -0.4 is 10.1 Å². The maximum absolute atomic E-state index is 13.3. The van der Waals surface area contributed by atoms with E-state index >= 15 is 0 Å². The van der Waals surface area contributed by atoms with Crippen molar-refractivity contribution in [1.82, 2.24) is 10.3 Å². The van der Waals surface area contributed by atoms with Crippen LogP contribution in [0.4, 0.5) is 10.2 Å². The molecule has 4 rings (SSSR count). The summed E-state index contributed by atoms with van der Waals surface area (Å²) in [6, 6.07) is 20.0. The Hall–Kier alpha value is -4.32. The normalized spacial score (nSPS) is 11.1. The van der Waals surface area contributed by atoms with Crippen molar-refractivity contribution >= 4 is 23.8 Å². The van der Waals surface area contributed by atoms with E-state index in [1.807, 2.05) is 31.2 Å². The van der Waals surface area contributed by atoms with E-state index in [-0.39, 0.29) is 24.0 Å². The van der Waals surface area contributed by atoms with Gasteiger partial charge in [0.1, 0.15) is 17.3 Å². The van der Waals surface area contributed by atoms with Crippen LogP contribution in [-0.4, -0.2) is 34.4 Å². The van der Waals surface area contributed by atoms with Crippen molar-refractivity contribution in [3.8, 4) is 22.6 Å². The van der Waals surface area contributed by atoms with Crippen LogP contribution in [-0.2, 0) is 17.3 Å². The van der Waals surface area contributed by atoms with Gasteiger partial charge >= 0.3 is 0 Å². The van der Waals surface area contributed by atoms with Crippen molar-refractivity contribution in [2.75, 3.05) is 13.2 Å². The third kappa shape index (κ3) is 8.59. The molecule has 0 bridgehead atoms. The molecule has 218 valence electrons. The molecule has 0 atom stereocenters. The molecule has 9 nitrogen and oxygen atoms in total. The molecule has 0 aliphatic carbocycles. The summed E-state index contributed by atoms with van der Waals surface area (Å²) in [6.45, 7) is 3.18. The number of hydrogen-bond acceptors (Lipinski definition) is 9. The highest BCUT2D eigenvalue weighted by atomic mass is 32.2. The first kappa shape index (κ1) is 30.6. The Labute approximate surface area is 247 Å². The molecule has 0 radical (unpaired) electrons.